The molecule has 0 saturated carbocycles. The number of aryl methyl sites for hydroxylation is 1. The molecule has 1 saturated heterocycles. The number of hydrogen-bond acceptors (Lipinski definition) is 3. The van der Waals surface area contributed by atoms with Crippen LogP contribution in [0.25, 0.3) is 0 Å². The summed E-state index contributed by atoms with van der Waals surface area (Å²) in [6, 6.07) is 8.20. The third-order valence-corrected chi connectivity index (χ3v) is 5.51. The molecule has 6 heteroatoms. The van der Waals surface area contributed by atoms with E-state index in [1.807, 2.05) is 32.6 Å². The lowest BCUT2D eigenvalue weighted by atomic mass is 10.1. The molecular weight excluding hydrogens is 334 g/mol. The van der Waals surface area contributed by atoms with Gasteiger partial charge < -0.3 is 15.1 Å². The monoisotopic (exact) mass is 363 g/mol. The number of carbonyl (C=O) groups is 2. The molecule has 0 spiro atoms. The number of hydrogen-bond donors (Lipinski definition) is 1. The van der Waals surface area contributed by atoms with E-state index in [1.165, 1.54) is 5.56 Å². The van der Waals surface area contributed by atoms with Crippen molar-refractivity contribution in [1.82, 2.24) is 15.1 Å². The molecule has 1 N–H and O–H groups in total. The van der Waals surface area contributed by atoms with Gasteiger partial charge in [-0.1, -0.05) is 29.8 Å². The van der Waals surface area contributed by atoms with Crippen LogP contribution in [0.5, 0.6) is 0 Å². The predicted octanol–water partition coefficient (Wildman–Crippen LogP) is 3.40. The van der Waals surface area contributed by atoms with E-state index in [0.29, 0.717) is 13.1 Å². The van der Waals surface area contributed by atoms with Gasteiger partial charge in [-0.05, 0) is 40.2 Å². The number of rotatable bonds is 4. The molecular formula is C19H29N3O2S. The molecule has 25 heavy (non-hydrogen) atoms. The van der Waals surface area contributed by atoms with Crippen molar-refractivity contribution in [2.45, 2.75) is 50.8 Å². The Morgan fingerprint density at radius 2 is 1.88 bits per heavy atom. The number of urea groups is 1. The molecule has 1 aromatic carbocycles. The second-order valence-electron chi connectivity index (χ2n) is 7.67. The fourth-order valence-electron chi connectivity index (χ4n) is 2.67. The van der Waals surface area contributed by atoms with Crippen molar-refractivity contribution in [3.8, 4) is 0 Å². The molecule has 1 aliphatic heterocycles. The average molecular weight is 364 g/mol. The zero-order chi connectivity index (χ0) is 18.8. The molecule has 3 amide bonds. The van der Waals surface area contributed by atoms with Crippen LogP contribution in [-0.4, -0.2) is 52.7 Å². The van der Waals surface area contributed by atoms with Gasteiger partial charge in [-0.15, -0.1) is 11.8 Å². The highest BCUT2D eigenvalue weighted by molar-refractivity contribution is 8.01. The standard InChI is InChI=1S/C19H29N3O2S/c1-13-7-9-15(10-8-13)17-22(16(23)14(2)25-17)12-11-21(6)18(24)20-19(3,4)5/h7-10,14,17H,11-12H2,1-6H3,(H,20,24)/t14-,17-/m0/s1. The van der Waals surface area contributed by atoms with E-state index in [4.69, 9.17) is 0 Å². The van der Waals surface area contributed by atoms with Crippen molar-refractivity contribution in [2.75, 3.05) is 20.1 Å². The largest absolute Gasteiger partial charge is 0.333 e. The minimum Gasteiger partial charge on any atom is -0.333 e. The van der Waals surface area contributed by atoms with E-state index in [2.05, 4.69) is 36.5 Å². The summed E-state index contributed by atoms with van der Waals surface area (Å²) in [6.07, 6.45) is 0. The highest BCUT2D eigenvalue weighted by Crippen LogP contribution is 2.42. The molecule has 5 nitrogen and oxygen atoms in total. The molecule has 2 atom stereocenters. The molecule has 138 valence electrons. The quantitative estimate of drug-likeness (QED) is 0.892. The van der Waals surface area contributed by atoms with Gasteiger partial charge in [0, 0.05) is 25.7 Å². The molecule has 0 aromatic heterocycles. The topological polar surface area (TPSA) is 52.7 Å². The van der Waals surface area contributed by atoms with Crippen LogP contribution in [0.2, 0.25) is 0 Å². The Balaban J connectivity index is 2.03. The fourth-order valence-corrected chi connectivity index (χ4v) is 3.98. The Morgan fingerprint density at radius 3 is 2.44 bits per heavy atom. The van der Waals surface area contributed by atoms with E-state index in [9.17, 15) is 9.59 Å². The van der Waals surface area contributed by atoms with Crippen LogP contribution >= 0.6 is 11.8 Å². The Bertz CT molecular complexity index is 625. The van der Waals surface area contributed by atoms with E-state index >= 15 is 0 Å². The molecule has 0 bridgehead atoms. The molecule has 0 aliphatic carbocycles. The zero-order valence-electron chi connectivity index (χ0n) is 16.0. The summed E-state index contributed by atoms with van der Waals surface area (Å²) < 4.78 is 0. The Labute approximate surface area is 155 Å². The first-order chi connectivity index (χ1) is 11.6. The summed E-state index contributed by atoms with van der Waals surface area (Å²) in [5, 5.41) is 2.90. The van der Waals surface area contributed by atoms with E-state index in [1.54, 1.807) is 23.7 Å². The first kappa shape index (κ1) is 19.6. The van der Waals surface area contributed by atoms with E-state index < -0.39 is 0 Å². The van der Waals surface area contributed by atoms with Crippen molar-refractivity contribution in [3.63, 3.8) is 0 Å². The highest BCUT2D eigenvalue weighted by Gasteiger charge is 2.38. The SMILES string of the molecule is Cc1ccc([C@@H]2S[C@@H](C)C(=O)N2CCN(C)C(=O)NC(C)(C)C)cc1. The Morgan fingerprint density at radius 1 is 1.28 bits per heavy atom. The average Bonchev–Trinajstić information content (AvgIpc) is 2.79. The summed E-state index contributed by atoms with van der Waals surface area (Å²) in [5.74, 6) is 0.139. The maximum atomic E-state index is 12.6. The number of thioether (sulfide) groups is 1. The van der Waals surface area contributed by atoms with Crippen molar-refractivity contribution >= 4 is 23.7 Å². The molecule has 1 aliphatic rings. The molecule has 1 aromatic rings. The number of nitrogens with zero attached hydrogens (tertiary/aromatic N) is 2. The van der Waals surface area contributed by atoms with Gasteiger partial charge in [0.25, 0.3) is 0 Å². The zero-order valence-corrected chi connectivity index (χ0v) is 16.8. The Hall–Kier alpha value is -1.69. The summed E-state index contributed by atoms with van der Waals surface area (Å²) >= 11 is 1.67. The van der Waals surface area contributed by atoms with Crippen LogP contribution in [0, 0.1) is 6.92 Å². The molecule has 1 heterocycles. The fraction of sp³-hybridized carbons (Fsp3) is 0.579. The second-order valence-corrected chi connectivity index (χ2v) is 9.10. The van der Waals surface area contributed by atoms with Gasteiger partial charge in [0.05, 0.1) is 5.25 Å². The van der Waals surface area contributed by atoms with Crippen molar-refractivity contribution in [1.29, 1.82) is 0 Å². The summed E-state index contributed by atoms with van der Waals surface area (Å²) in [7, 11) is 1.76. The molecule has 0 unspecified atom stereocenters. The number of benzene rings is 1. The maximum absolute atomic E-state index is 12.6. The van der Waals surface area contributed by atoms with Crippen LogP contribution in [0.3, 0.4) is 0 Å². The Kier molecular flexibility index (Phi) is 6.03. The van der Waals surface area contributed by atoms with Crippen LogP contribution in [0.1, 0.15) is 44.2 Å². The van der Waals surface area contributed by atoms with Crippen LogP contribution in [-0.2, 0) is 4.79 Å². The van der Waals surface area contributed by atoms with Crippen LogP contribution < -0.4 is 5.32 Å². The normalized spacial score (nSPS) is 20.7. The lowest BCUT2D eigenvalue weighted by Crippen LogP contribution is -2.49. The first-order valence-electron chi connectivity index (χ1n) is 8.64. The summed E-state index contributed by atoms with van der Waals surface area (Å²) in [5.41, 5.74) is 2.07. The van der Waals surface area contributed by atoms with Gasteiger partial charge in [0.15, 0.2) is 0 Å². The molecule has 1 fully saturated rings. The lowest BCUT2D eigenvalue weighted by Gasteiger charge is -2.29. The first-order valence-corrected chi connectivity index (χ1v) is 9.58. The second kappa shape index (κ2) is 7.68. The molecule has 2 rings (SSSR count). The summed E-state index contributed by atoms with van der Waals surface area (Å²) in [6.45, 7) is 10.9. The van der Waals surface area contributed by atoms with Crippen LogP contribution in [0.15, 0.2) is 24.3 Å². The van der Waals surface area contributed by atoms with E-state index in [0.717, 1.165) is 5.56 Å². The van der Waals surface area contributed by atoms with Crippen molar-refractivity contribution in [3.05, 3.63) is 35.4 Å². The lowest BCUT2D eigenvalue weighted by molar-refractivity contribution is -0.129. The summed E-state index contributed by atoms with van der Waals surface area (Å²) in [4.78, 5) is 28.3. The third-order valence-electron chi connectivity index (χ3n) is 4.11. The van der Waals surface area contributed by atoms with Gasteiger partial charge in [0.1, 0.15) is 5.37 Å². The van der Waals surface area contributed by atoms with Crippen molar-refractivity contribution < 1.29 is 9.59 Å². The van der Waals surface area contributed by atoms with Gasteiger partial charge in [-0.3, -0.25) is 4.79 Å². The number of carbonyl (C=O) groups excluding carboxylic acids is 2. The number of likely N-dealkylation sites (N-methyl/N-ethyl adjacent to an activating group) is 1. The van der Waals surface area contributed by atoms with E-state index in [-0.39, 0.29) is 28.1 Å². The minimum absolute atomic E-state index is 0.0159. The predicted molar refractivity (Wildman–Crippen MR) is 104 cm³/mol. The smallest absolute Gasteiger partial charge is 0.317 e. The van der Waals surface area contributed by atoms with Crippen molar-refractivity contribution in [2.24, 2.45) is 0 Å². The van der Waals surface area contributed by atoms with Gasteiger partial charge >= 0.3 is 6.03 Å². The third kappa shape index (κ3) is 5.14. The van der Waals surface area contributed by atoms with Gasteiger partial charge in [0.2, 0.25) is 5.91 Å². The minimum atomic E-state index is -0.274. The number of amides is 3. The number of nitrogens with one attached hydrogen (secondary N) is 1. The van der Waals surface area contributed by atoms with Gasteiger partial charge in [-0.25, -0.2) is 4.79 Å². The van der Waals surface area contributed by atoms with Gasteiger partial charge in [-0.2, -0.15) is 0 Å². The maximum Gasteiger partial charge on any atom is 0.317 e. The highest BCUT2D eigenvalue weighted by atomic mass is 32.2. The molecule has 0 radical (unpaired) electrons. The van der Waals surface area contributed by atoms with Crippen LogP contribution in [0.4, 0.5) is 4.79 Å².